The lowest BCUT2D eigenvalue weighted by molar-refractivity contribution is 0.0628. The summed E-state index contributed by atoms with van der Waals surface area (Å²) in [5.41, 5.74) is 6.66. The Hall–Kier alpha value is -4.93. The zero-order valence-corrected chi connectivity index (χ0v) is 19.5. The lowest BCUT2D eigenvalue weighted by Crippen LogP contribution is -2.42. The number of nitrogens with two attached hydrogens (primary N) is 1. The molecule has 1 amide bonds. The summed E-state index contributed by atoms with van der Waals surface area (Å²) in [7, 11) is 0. The normalized spacial score (nSPS) is 17.5. The minimum Gasteiger partial charge on any atom is -0.453 e. The molecular formula is C27H18F3N5O3. The number of fused-ring (bicyclic) bond motifs is 4. The van der Waals surface area contributed by atoms with Crippen molar-refractivity contribution in [1.82, 2.24) is 9.97 Å². The average molecular weight is 517 g/mol. The van der Waals surface area contributed by atoms with Gasteiger partial charge in [-0.3, -0.25) is 4.79 Å². The second-order valence-electron chi connectivity index (χ2n) is 8.73. The third-order valence-electron chi connectivity index (χ3n) is 6.39. The number of rotatable bonds is 3. The minimum absolute atomic E-state index is 0.0158. The van der Waals surface area contributed by atoms with Crippen LogP contribution in [0.4, 0.5) is 18.9 Å². The molecule has 1 spiro atoms. The van der Waals surface area contributed by atoms with E-state index in [2.05, 4.69) is 20.3 Å². The molecule has 0 saturated heterocycles. The number of benzene rings is 2. The van der Waals surface area contributed by atoms with E-state index in [9.17, 15) is 13.6 Å². The van der Waals surface area contributed by atoms with Gasteiger partial charge in [0.25, 0.3) is 11.9 Å². The smallest absolute Gasteiger partial charge is 0.283 e. The van der Waals surface area contributed by atoms with Gasteiger partial charge < -0.3 is 20.5 Å². The highest BCUT2D eigenvalue weighted by molar-refractivity contribution is 6.03. The van der Waals surface area contributed by atoms with Crippen molar-refractivity contribution in [2.45, 2.75) is 12.0 Å². The van der Waals surface area contributed by atoms with Crippen LogP contribution in [0.5, 0.6) is 11.5 Å². The van der Waals surface area contributed by atoms with Crippen LogP contribution in [0.3, 0.4) is 0 Å². The van der Waals surface area contributed by atoms with E-state index in [1.807, 2.05) is 0 Å². The number of pyridine rings is 2. The van der Waals surface area contributed by atoms with Crippen LogP contribution in [0, 0.1) is 17.6 Å². The maximum Gasteiger partial charge on any atom is 0.283 e. The fraction of sp³-hybridized carbons (Fsp3) is 0.111. The van der Waals surface area contributed by atoms with Crippen molar-refractivity contribution in [1.29, 1.82) is 0 Å². The third kappa shape index (κ3) is 3.97. The molecule has 0 fully saturated rings. The third-order valence-corrected chi connectivity index (χ3v) is 6.39. The van der Waals surface area contributed by atoms with Crippen LogP contribution >= 0.6 is 0 Å². The van der Waals surface area contributed by atoms with E-state index >= 15 is 4.39 Å². The maximum absolute atomic E-state index is 15.5. The quantitative estimate of drug-likeness (QED) is 0.374. The summed E-state index contributed by atoms with van der Waals surface area (Å²) < 4.78 is 54.6. The standard InChI is InChI=1S/C27H18F3N5O3/c28-16-1-3-21(34-13-16)25(36)35-17-2-4-22-18(12-17)27(6-8-33-26(31)38-27)19-9-15(10-20(29)24(19)37-22)14-5-7-32-23(30)11-14/h1-5,7,9-13H,6,8H2,(H2,31,33)(H,35,36)/t27-/m0/s1. The molecule has 0 radical (unpaired) electrons. The second kappa shape index (κ2) is 8.87. The topological polar surface area (TPSA) is 112 Å². The van der Waals surface area contributed by atoms with Crippen molar-refractivity contribution in [3.05, 3.63) is 101 Å². The Morgan fingerprint density at radius 1 is 0.974 bits per heavy atom. The van der Waals surface area contributed by atoms with Crippen LogP contribution in [0.2, 0.25) is 0 Å². The van der Waals surface area contributed by atoms with E-state index in [1.165, 1.54) is 24.4 Å². The average Bonchev–Trinajstić information content (AvgIpc) is 2.90. The molecule has 6 rings (SSSR count). The molecule has 190 valence electrons. The van der Waals surface area contributed by atoms with E-state index in [-0.39, 0.29) is 30.4 Å². The summed E-state index contributed by atoms with van der Waals surface area (Å²) in [6.07, 6.45) is 2.51. The molecule has 3 N–H and O–H groups in total. The Morgan fingerprint density at radius 2 is 1.84 bits per heavy atom. The number of carbonyl (C=O) groups is 1. The zero-order chi connectivity index (χ0) is 26.4. The molecule has 4 aromatic rings. The molecule has 0 saturated carbocycles. The second-order valence-corrected chi connectivity index (χ2v) is 8.73. The summed E-state index contributed by atoms with van der Waals surface area (Å²) in [6, 6.07) is 12.7. The van der Waals surface area contributed by atoms with Gasteiger partial charge in [-0.05, 0) is 59.7 Å². The van der Waals surface area contributed by atoms with Crippen LogP contribution in [-0.4, -0.2) is 28.4 Å². The number of aliphatic imine (C=N–C) groups is 1. The number of amides is 1. The Kier molecular flexibility index (Phi) is 5.48. The molecule has 11 heteroatoms. The van der Waals surface area contributed by atoms with E-state index in [4.69, 9.17) is 15.2 Å². The minimum atomic E-state index is -1.31. The maximum atomic E-state index is 15.5. The number of amidine groups is 1. The fourth-order valence-corrected chi connectivity index (χ4v) is 4.68. The number of aromatic nitrogens is 2. The van der Waals surface area contributed by atoms with Crippen LogP contribution in [-0.2, 0) is 10.3 Å². The first kappa shape index (κ1) is 23.5. The molecule has 38 heavy (non-hydrogen) atoms. The van der Waals surface area contributed by atoms with Crippen LogP contribution in [0.25, 0.3) is 11.1 Å². The number of nitrogens with zero attached hydrogens (tertiary/aromatic N) is 3. The first-order chi connectivity index (χ1) is 18.3. The number of ether oxygens (including phenoxy) is 2. The summed E-state index contributed by atoms with van der Waals surface area (Å²) in [4.78, 5) is 24.2. The number of anilines is 1. The number of carbonyl (C=O) groups excluding carboxylic acids is 1. The molecule has 0 aliphatic carbocycles. The number of hydrogen-bond acceptors (Lipinski definition) is 7. The van der Waals surface area contributed by atoms with E-state index in [0.717, 1.165) is 12.3 Å². The predicted molar refractivity (Wildman–Crippen MR) is 131 cm³/mol. The molecule has 2 aliphatic heterocycles. The summed E-state index contributed by atoms with van der Waals surface area (Å²) >= 11 is 0. The Morgan fingerprint density at radius 3 is 2.61 bits per heavy atom. The van der Waals surface area contributed by atoms with Gasteiger partial charge in [0.2, 0.25) is 5.95 Å². The molecule has 2 aromatic carbocycles. The summed E-state index contributed by atoms with van der Waals surface area (Å²) in [6.45, 7) is 0.274. The highest BCUT2D eigenvalue weighted by atomic mass is 19.1. The summed E-state index contributed by atoms with van der Waals surface area (Å²) in [5, 5.41) is 2.72. The van der Waals surface area contributed by atoms with Crippen molar-refractivity contribution < 1.29 is 27.4 Å². The predicted octanol–water partition coefficient (Wildman–Crippen LogP) is 4.90. The van der Waals surface area contributed by atoms with Crippen molar-refractivity contribution in [2.75, 3.05) is 11.9 Å². The number of hydrogen-bond donors (Lipinski definition) is 2. The van der Waals surface area contributed by atoms with Gasteiger partial charge in [0.1, 0.15) is 17.3 Å². The van der Waals surface area contributed by atoms with Gasteiger partial charge in [0.15, 0.2) is 17.2 Å². The molecule has 4 heterocycles. The monoisotopic (exact) mass is 517 g/mol. The van der Waals surface area contributed by atoms with Gasteiger partial charge in [-0.1, -0.05) is 0 Å². The van der Waals surface area contributed by atoms with E-state index in [0.29, 0.717) is 33.7 Å². The largest absolute Gasteiger partial charge is 0.453 e. The van der Waals surface area contributed by atoms with Crippen LogP contribution in [0.15, 0.2) is 72.0 Å². The molecule has 8 nitrogen and oxygen atoms in total. The SMILES string of the molecule is NC1=NCC[C@]2(O1)c1cc(NC(=O)c3ccc(F)cn3)ccc1Oc1c(F)cc(-c3ccnc(F)c3)cc12. The Bertz CT molecular complexity index is 1630. The molecule has 0 bridgehead atoms. The lowest BCUT2D eigenvalue weighted by Gasteiger charge is -2.41. The van der Waals surface area contributed by atoms with Gasteiger partial charge in [0.05, 0.1) is 6.20 Å². The fourth-order valence-electron chi connectivity index (χ4n) is 4.68. The zero-order valence-electron chi connectivity index (χ0n) is 19.5. The highest BCUT2D eigenvalue weighted by Gasteiger charge is 2.48. The van der Waals surface area contributed by atoms with Gasteiger partial charge in [-0.25, -0.2) is 23.7 Å². The van der Waals surface area contributed by atoms with Crippen molar-refractivity contribution >= 4 is 17.6 Å². The van der Waals surface area contributed by atoms with E-state index < -0.39 is 29.1 Å². The number of nitrogens with one attached hydrogen (secondary N) is 1. The molecule has 2 aliphatic rings. The molecule has 1 atom stereocenters. The van der Waals surface area contributed by atoms with Crippen molar-refractivity contribution in [2.24, 2.45) is 10.7 Å². The lowest BCUT2D eigenvalue weighted by atomic mass is 9.79. The van der Waals surface area contributed by atoms with Gasteiger partial charge >= 0.3 is 0 Å². The molecular weight excluding hydrogens is 499 g/mol. The Labute approximate surface area is 214 Å². The number of halogens is 3. The molecule has 0 unspecified atom stereocenters. The first-order valence-corrected chi connectivity index (χ1v) is 11.5. The summed E-state index contributed by atoms with van der Waals surface area (Å²) in [5.74, 6) is -2.27. The van der Waals surface area contributed by atoms with Crippen molar-refractivity contribution in [3.63, 3.8) is 0 Å². The van der Waals surface area contributed by atoms with Crippen LogP contribution < -0.4 is 15.8 Å². The van der Waals surface area contributed by atoms with Crippen LogP contribution in [0.1, 0.15) is 28.0 Å². The highest BCUT2D eigenvalue weighted by Crippen LogP contribution is 2.53. The Balaban J connectivity index is 1.46. The first-order valence-electron chi connectivity index (χ1n) is 11.5. The van der Waals surface area contributed by atoms with Gasteiger partial charge in [-0.15, -0.1) is 0 Å². The van der Waals surface area contributed by atoms with Gasteiger partial charge in [-0.2, -0.15) is 4.39 Å². The molecule has 2 aromatic heterocycles. The van der Waals surface area contributed by atoms with E-state index in [1.54, 1.807) is 30.3 Å². The van der Waals surface area contributed by atoms with Crippen molar-refractivity contribution in [3.8, 4) is 22.6 Å². The van der Waals surface area contributed by atoms with Gasteiger partial charge in [0, 0.05) is 42.0 Å².